The number of rotatable bonds is 9. The van der Waals surface area contributed by atoms with Crippen LogP contribution >= 0.6 is 0 Å². The van der Waals surface area contributed by atoms with Crippen molar-refractivity contribution < 1.29 is 41.4 Å². The van der Waals surface area contributed by atoms with Gasteiger partial charge in [0.05, 0.1) is 17.2 Å². The smallest absolute Gasteiger partial charge is 0.416 e. The largest absolute Gasteiger partial charge is 0.478 e. The molecule has 1 atom stereocenters. The summed E-state index contributed by atoms with van der Waals surface area (Å²) in [5.74, 6) is -3.09. The molecule has 0 fully saturated rings. The SMILES string of the molecule is C=C(/C=C\C(=C/C)[C@H](C)NC(=O)c1c(C(F)F)nn(C)c1Oc1cccc(C(F)(F)F)c1)C(=O)O. The maximum Gasteiger partial charge on any atom is 0.416 e. The normalized spacial score (nSPS) is 13.2. The van der Waals surface area contributed by atoms with Crippen molar-refractivity contribution in [2.75, 3.05) is 0 Å². The summed E-state index contributed by atoms with van der Waals surface area (Å²) < 4.78 is 72.6. The Hall–Kier alpha value is -3.96. The van der Waals surface area contributed by atoms with Gasteiger partial charge < -0.3 is 15.2 Å². The van der Waals surface area contributed by atoms with E-state index < -0.39 is 53.2 Å². The number of nitrogens with zero attached hydrogens (tertiary/aromatic N) is 2. The second kappa shape index (κ2) is 11.0. The number of nitrogens with one attached hydrogen (secondary N) is 1. The number of aromatic nitrogens is 2. The molecule has 1 heterocycles. The Balaban J connectivity index is 2.40. The Bertz CT molecular complexity index is 1180. The highest BCUT2D eigenvalue weighted by molar-refractivity contribution is 5.98. The maximum absolute atomic E-state index is 13.6. The molecule has 2 N–H and O–H groups in total. The molecule has 0 bridgehead atoms. The Morgan fingerprint density at radius 3 is 2.46 bits per heavy atom. The molecule has 2 rings (SSSR count). The van der Waals surface area contributed by atoms with E-state index in [0.29, 0.717) is 11.6 Å². The topological polar surface area (TPSA) is 93.5 Å². The first-order valence-corrected chi connectivity index (χ1v) is 10.0. The minimum absolute atomic E-state index is 0.216. The third kappa shape index (κ3) is 6.78. The second-order valence-corrected chi connectivity index (χ2v) is 7.26. The van der Waals surface area contributed by atoms with E-state index in [4.69, 9.17) is 9.84 Å². The van der Waals surface area contributed by atoms with Crippen LogP contribution in [0.1, 0.15) is 41.9 Å². The van der Waals surface area contributed by atoms with E-state index >= 15 is 0 Å². The molecule has 1 amide bonds. The third-order valence-corrected chi connectivity index (χ3v) is 4.76. The minimum Gasteiger partial charge on any atom is -0.478 e. The maximum atomic E-state index is 13.6. The summed E-state index contributed by atoms with van der Waals surface area (Å²) in [7, 11) is 1.20. The van der Waals surface area contributed by atoms with E-state index in [9.17, 15) is 31.5 Å². The fraction of sp³-hybridized carbons (Fsp3) is 0.261. The Morgan fingerprint density at radius 2 is 1.91 bits per heavy atom. The molecule has 0 aliphatic rings. The summed E-state index contributed by atoms with van der Waals surface area (Å²) in [4.78, 5) is 23.9. The van der Waals surface area contributed by atoms with Crippen molar-refractivity contribution in [1.82, 2.24) is 15.1 Å². The van der Waals surface area contributed by atoms with Crippen molar-refractivity contribution in [2.24, 2.45) is 7.05 Å². The van der Waals surface area contributed by atoms with Gasteiger partial charge in [-0.1, -0.05) is 24.8 Å². The van der Waals surface area contributed by atoms with Gasteiger partial charge in [-0.05, 0) is 43.7 Å². The minimum atomic E-state index is -4.67. The summed E-state index contributed by atoms with van der Waals surface area (Å²) >= 11 is 0. The van der Waals surface area contributed by atoms with E-state index in [1.54, 1.807) is 13.0 Å². The van der Waals surface area contributed by atoms with Crippen LogP contribution in [-0.4, -0.2) is 32.8 Å². The number of carboxylic acids is 1. The molecule has 35 heavy (non-hydrogen) atoms. The van der Waals surface area contributed by atoms with Crippen LogP contribution in [0, 0.1) is 0 Å². The fourth-order valence-corrected chi connectivity index (χ4v) is 2.97. The molecular weight excluding hydrogens is 477 g/mol. The zero-order valence-electron chi connectivity index (χ0n) is 18.9. The second-order valence-electron chi connectivity index (χ2n) is 7.26. The van der Waals surface area contributed by atoms with Crippen LogP contribution in [0.25, 0.3) is 0 Å². The van der Waals surface area contributed by atoms with Crippen LogP contribution in [0.3, 0.4) is 0 Å². The summed E-state index contributed by atoms with van der Waals surface area (Å²) in [6, 6.07) is 2.93. The number of benzene rings is 1. The molecule has 2 aromatic rings. The van der Waals surface area contributed by atoms with E-state index in [0.717, 1.165) is 16.8 Å². The van der Waals surface area contributed by atoms with E-state index in [1.165, 1.54) is 32.2 Å². The fourth-order valence-electron chi connectivity index (χ4n) is 2.97. The molecule has 0 aliphatic carbocycles. The molecule has 7 nitrogen and oxygen atoms in total. The van der Waals surface area contributed by atoms with Crippen molar-refractivity contribution >= 4 is 11.9 Å². The van der Waals surface area contributed by atoms with Gasteiger partial charge in [-0.15, -0.1) is 0 Å². The standard InChI is InChI=1S/C23H22F5N3O4/c1-5-14(10-9-12(2)22(33)34)13(3)29-20(32)17-18(19(24)25)30-31(4)21(17)35-16-8-6-7-15(11-16)23(26,27)28/h5-11,13,19H,2H2,1,3-4H3,(H,29,32)(H,33,34)/b10-9-,14-5+/t13-/m0/s1. The van der Waals surface area contributed by atoms with E-state index in [1.807, 2.05) is 0 Å². The molecule has 0 aliphatic heterocycles. The number of allylic oxidation sites excluding steroid dienone is 1. The van der Waals surface area contributed by atoms with Gasteiger partial charge in [-0.3, -0.25) is 4.79 Å². The monoisotopic (exact) mass is 499 g/mol. The highest BCUT2D eigenvalue weighted by atomic mass is 19.4. The van der Waals surface area contributed by atoms with Crippen LogP contribution in [0.15, 0.2) is 60.2 Å². The third-order valence-electron chi connectivity index (χ3n) is 4.76. The van der Waals surface area contributed by atoms with Gasteiger partial charge in [0, 0.05) is 7.05 Å². The van der Waals surface area contributed by atoms with Crippen molar-refractivity contribution in [3.05, 3.63) is 77.0 Å². The molecule has 0 saturated heterocycles. The lowest BCUT2D eigenvalue weighted by atomic mass is 10.1. The first kappa shape index (κ1) is 27.3. The van der Waals surface area contributed by atoms with Gasteiger partial charge >= 0.3 is 12.1 Å². The predicted octanol–water partition coefficient (Wildman–Crippen LogP) is 5.43. The first-order chi connectivity index (χ1) is 16.3. The van der Waals surface area contributed by atoms with Gasteiger partial charge in [0.15, 0.2) is 0 Å². The lowest BCUT2D eigenvalue weighted by molar-refractivity contribution is -0.137. The Labute approximate surface area is 197 Å². The number of ether oxygens (including phenoxy) is 1. The van der Waals surface area contributed by atoms with Crippen molar-refractivity contribution in [1.29, 1.82) is 0 Å². The average molecular weight is 499 g/mol. The molecule has 12 heteroatoms. The van der Waals surface area contributed by atoms with Crippen LogP contribution < -0.4 is 10.1 Å². The number of hydrogen-bond acceptors (Lipinski definition) is 4. The van der Waals surface area contributed by atoms with Crippen LogP contribution in [0.4, 0.5) is 22.0 Å². The van der Waals surface area contributed by atoms with E-state index in [2.05, 4.69) is 17.0 Å². The number of carbonyl (C=O) groups is 2. The van der Waals surface area contributed by atoms with Crippen molar-refractivity contribution in [2.45, 2.75) is 32.5 Å². The number of halogens is 5. The molecule has 0 spiro atoms. The molecule has 1 aromatic carbocycles. The van der Waals surface area contributed by atoms with Gasteiger partial charge in [0.25, 0.3) is 12.3 Å². The number of carboxylic acid groups (broad SMARTS) is 1. The Kier molecular flexibility index (Phi) is 8.56. The van der Waals surface area contributed by atoms with Gasteiger partial charge in [-0.25, -0.2) is 18.3 Å². The molecule has 0 unspecified atom stereocenters. The number of amides is 1. The zero-order valence-corrected chi connectivity index (χ0v) is 18.9. The molecule has 188 valence electrons. The number of aryl methyl sites for hydroxylation is 1. The highest BCUT2D eigenvalue weighted by Gasteiger charge is 2.33. The Morgan fingerprint density at radius 1 is 1.26 bits per heavy atom. The van der Waals surface area contributed by atoms with E-state index in [-0.39, 0.29) is 11.3 Å². The number of aliphatic carboxylic acids is 1. The molecule has 1 aromatic heterocycles. The van der Waals surface area contributed by atoms with Crippen LogP contribution in [-0.2, 0) is 18.0 Å². The van der Waals surface area contributed by atoms with Crippen LogP contribution in [0.2, 0.25) is 0 Å². The number of alkyl halides is 5. The summed E-state index contributed by atoms with van der Waals surface area (Å²) in [5.41, 5.74) is -2.38. The lowest BCUT2D eigenvalue weighted by Gasteiger charge is -2.16. The van der Waals surface area contributed by atoms with Crippen molar-refractivity contribution in [3.8, 4) is 11.6 Å². The summed E-state index contributed by atoms with van der Waals surface area (Å²) in [5, 5.41) is 15.0. The predicted molar refractivity (Wildman–Crippen MR) is 116 cm³/mol. The molecule has 0 saturated carbocycles. The number of carbonyl (C=O) groups excluding carboxylic acids is 1. The summed E-state index contributed by atoms with van der Waals surface area (Å²) in [6.45, 7) is 6.49. The summed E-state index contributed by atoms with van der Waals surface area (Å²) in [6.07, 6.45) is -3.70. The van der Waals surface area contributed by atoms with Gasteiger partial charge in [0.2, 0.25) is 5.88 Å². The van der Waals surface area contributed by atoms with Crippen molar-refractivity contribution in [3.63, 3.8) is 0 Å². The van der Waals surface area contributed by atoms with Crippen LogP contribution in [0.5, 0.6) is 11.6 Å². The lowest BCUT2D eigenvalue weighted by Crippen LogP contribution is -2.34. The van der Waals surface area contributed by atoms with Gasteiger partial charge in [0.1, 0.15) is 17.0 Å². The molecule has 0 radical (unpaired) electrons. The van der Waals surface area contributed by atoms with Gasteiger partial charge in [-0.2, -0.15) is 18.3 Å². The first-order valence-electron chi connectivity index (χ1n) is 10.0. The highest BCUT2D eigenvalue weighted by Crippen LogP contribution is 2.35. The molecular formula is C23H22F5N3O4. The average Bonchev–Trinajstić information content (AvgIpc) is 3.10. The zero-order chi connectivity index (χ0) is 26.5. The number of hydrogen-bond donors (Lipinski definition) is 2. The quantitative estimate of drug-likeness (QED) is 0.273.